The Morgan fingerprint density at radius 1 is 1.30 bits per heavy atom. The number of para-hydroxylation sites is 2. The van der Waals surface area contributed by atoms with Crippen LogP contribution in [0.3, 0.4) is 0 Å². The molecule has 0 heterocycles. The van der Waals surface area contributed by atoms with Gasteiger partial charge in [0, 0.05) is 12.1 Å². The third-order valence-electron chi connectivity index (χ3n) is 4.10. The molecule has 1 amide bonds. The molecule has 0 saturated heterocycles. The monoisotopic (exact) mass is 342 g/mol. The lowest BCUT2D eigenvalue weighted by Gasteiger charge is -2.31. The topological polar surface area (TPSA) is 110 Å². The maximum atomic E-state index is 12.0. The molecule has 1 fully saturated rings. The first-order valence-corrected chi connectivity index (χ1v) is 7.58. The Balaban J connectivity index is 0.00000264. The highest BCUT2D eigenvalue weighted by atomic mass is 35.5. The van der Waals surface area contributed by atoms with Gasteiger partial charge in [-0.05, 0) is 31.4 Å². The van der Waals surface area contributed by atoms with E-state index in [2.05, 4.69) is 10.6 Å². The van der Waals surface area contributed by atoms with Crippen LogP contribution < -0.4 is 16.4 Å². The molecule has 1 aromatic carbocycles. The normalized spacial score (nSPS) is 20.2. The Labute approximate surface area is 141 Å². The van der Waals surface area contributed by atoms with E-state index in [1.165, 1.54) is 6.07 Å². The maximum absolute atomic E-state index is 12.0. The summed E-state index contributed by atoms with van der Waals surface area (Å²) in [5.41, 5.74) is 6.06. The highest BCUT2D eigenvalue weighted by Crippen LogP contribution is 2.24. The van der Waals surface area contributed by atoms with Gasteiger partial charge in [-0.25, -0.2) is 0 Å². The number of anilines is 1. The zero-order valence-electron chi connectivity index (χ0n) is 12.9. The van der Waals surface area contributed by atoms with E-state index in [1.54, 1.807) is 18.2 Å². The van der Waals surface area contributed by atoms with E-state index in [1.807, 2.05) is 0 Å². The number of rotatable bonds is 6. The zero-order chi connectivity index (χ0) is 15.9. The standard InChI is InChI=1S/C15H22N4O3.ClH/c16-9-11-5-1-2-6-12(11)18-15(20)10-17-13-7-3-4-8-14(13)19(21)22;/h3-4,7-8,11-12,17H,1-2,5-6,9-10,16H2,(H,18,20);1H. The van der Waals surface area contributed by atoms with Gasteiger partial charge in [0.05, 0.1) is 11.5 Å². The summed E-state index contributed by atoms with van der Waals surface area (Å²) >= 11 is 0. The van der Waals surface area contributed by atoms with E-state index in [4.69, 9.17) is 5.73 Å². The second-order valence-electron chi connectivity index (χ2n) is 5.58. The number of benzene rings is 1. The predicted octanol–water partition coefficient (Wildman–Crippen LogP) is 2.06. The van der Waals surface area contributed by atoms with Gasteiger partial charge in [-0.3, -0.25) is 14.9 Å². The van der Waals surface area contributed by atoms with Crippen LogP contribution >= 0.6 is 12.4 Å². The number of carbonyl (C=O) groups excluding carboxylic acids is 1. The lowest BCUT2D eigenvalue weighted by atomic mass is 9.84. The van der Waals surface area contributed by atoms with Crippen molar-refractivity contribution in [2.45, 2.75) is 31.7 Å². The van der Waals surface area contributed by atoms with Gasteiger partial charge in [-0.2, -0.15) is 0 Å². The van der Waals surface area contributed by atoms with Crippen molar-refractivity contribution in [1.82, 2.24) is 5.32 Å². The summed E-state index contributed by atoms with van der Waals surface area (Å²) in [6, 6.07) is 6.40. The summed E-state index contributed by atoms with van der Waals surface area (Å²) in [6.45, 7) is 0.585. The number of nitro benzene ring substituents is 1. The van der Waals surface area contributed by atoms with Gasteiger partial charge in [-0.15, -0.1) is 12.4 Å². The van der Waals surface area contributed by atoms with Gasteiger partial charge < -0.3 is 16.4 Å². The van der Waals surface area contributed by atoms with Gasteiger partial charge in [-0.1, -0.05) is 25.0 Å². The highest BCUT2D eigenvalue weighted by Gasteiger charge is 2.25. The minimum absolute atomic E-state index is 0. The molecule has 0 aliphatic heterocycles. The van der Waals surface area contributed by atoms with Crippen molar-refractivity contribution in [3.8, 4) is 0 Å². The van der Waals surface area contributed by atoms with Crippen LogP contribution in [-0.2, 0) is 4.79 Å². The Bertz CT molecular complexity index is 541. The molecule has 0 spiro atoms. The van der Waals surface area contributed by atoms with E-state index < -0.39 is 4.92 Å². The molecule has 1 aliphatic rings. The fourth-order valence-electron chi connectivity index (χ4n) is 2.90. The SMILES string of the molecule is Cl.NCC1CCCCC1NC(=O)CNc1ccccc1[N+](=O)[O-]. The largest absolute Gasteiger partial charge is 0.371 e. The maximum Gasteiger partial charge on any atom is 0.292 e. The highest BCUT2D eigenvalue weighted by molar-refractivity contribution is 5.85. The second-order valence-corrected chi connectivity index (χ2v) is 5.58. The summed E-state index contributed by atoms with van der Waals surface area (Å²) in [4.78, 5) is 22.5. The molecule has 0 aromatic heterocycles. The summed E-state index contributed by atoms with van der Waals surface area (Å²) in [5, 5.41) is 16.7. The fraction of sp³-hybridized carbons (Fsp3) is 0.533. The number of nitro groups is 1. The van der Waals surface area contributed by atoms with Gasteiger partial charge in [0.2, 0.25) is 5.91 Å². The van der Waals surface area contributed by atoms with Crippen molar-refractivity contribution in [3.63, 3.8) is 0 Å². The molecular weight excluding hydrogens is 320 g/mol. The number of hydrogen-bond donors (Lipinski definition) is 3. The van der Waals surface area contributed by atoms with Crippen LogP contribution in [0.5, 0.6) is 0 Å². The molecule has 8 heteroatoms. The zero-order valence-corrected chi connectivity index (χ0v) is 13.7. The Morgan fingerprint density at radius 2 is 2.00 bits per heavy atom. The molecule has 7 nitrogen and oxygen atoms in total. The smallest absolute Gasteiger partial charge is 0.292 e. The Hall–Kier alpha value is -1.86. The number of halogens is 1. The fourth-order valence-corrected chi connectivity index (χ4v) is 2.90. The number of hydrogen-bond acceptors (Lipinski definition) is 5. The van der Waals surface area contributed by atoms with E-state index >= 15 is 0 Å². The van der Waals surface area contributed by atoms with E-state index in [9.17, 15) is 14.9 Å². The number of amides is 1. The molecule has 1 aliphatic carbocycles. The van der Waals surface area contributed by atoms with Gasteiger partial charge >= 0.3 is 0 Å². The first kappa shape index (κ1) is 19.2. The van der Waals surface area contributed by atoms with Crippen LogP contribution in [-0.4, -0.2) is 30.0 Å². The van der Waals surface area contributed by atoms with Gasteiger partial charge in [0.15, 0.2) is 0 Å². The van der Waals surface area contributed by atoms with Crippen molar-refractivity contribution < 1.29 is 9.72 Å². The summed E-state index contributed by atoms with van der Waals surface area (Å²) in [7, 11) is 0. The lowest BCUT2D eigenvalue weighted by molar-refractivity contribution is -0.383. The van der Waals surface area contributed by atoms with Crippen LogP contribution in [0.1, 0.15) is 25.7 Å². The van der Waals surface area contributed by atoms with Crippen molar-refractivity contribution >= 4 is 29.7 Å². The Morgan fingerprint density at radius 3 is 2.70 bits per heavy atom. The van der Waals surface area contributed by atoms with E-state index in [0.717, 1.165) is 25.7 Å². The van der Waals surface area contributed by atoms with Crippen LogP contribution in [0, 0.1) is 16.0 Å². The number of nitrogens with zero attached hydrogens (tertiary/aromatic N) is 1. The first-order valence-electron chi connectivity index (χ1n) is 7.58. The second kappa shape index (κ2) is 9.32. The molecule has 2 unspecified atom stereocenters. The molecule has 1 saturated carbocycles. The third kappa shape index (κ3) is 5.37. The number of carbonyl (C=O) groups is 1. The van der Waals surface area contributed by atoms with Gasteiger partial charge in [0.1, 0.15) is 5.69 Å². The van der Waals surface area contributed by atoms with Crippen LogP contribution in [0.2, 0.25) is 0 Å². The third-order valence-corrected chi connectivity index (χ3v) is 4.10. The summed E-state index contributed by atoms with van der Waals surface area (Å²) in [5.74, 6) is 0.160. The average Bonchev–Trinajstić information content (AvgIpc) is 2.53. The van der Waals surface area contributed by atoms with Crippen LogP contribution in [0.4, 0.5) is 11.4 Å². The molecule has 1 aromatic rings. The lowest BCUT2D eigenvalue weighted by Crippen LogP contribution is -2.46. The summed E-state index contributed by atoms with van der Waals surface area (Å²) in [6.07, 6.45) is 4.24. The van der Waals surface area contributed by atoms with Gasteiger partial charge in [0.25, 0.3) is 5.69 Å². The van der Waals surface area contributed by atoms with Crippen LogP contribution in [0.25, 0.3) is 0 Å². The van der Waals surface area contributed by atoms with Crippen molar-refractivity contribution in [2.75, 3.05) is 18.4 Å². The predicted molar refractivity (Wildman–Crippen MR) is 91.8 cm³/mol. The van der Waals surface area contributed by atoms with Crippen molar-refractivity contribution in [3.05, 3.63) is 34.4 Å². The molecule has 23 heavy (non-hydrogen) atoms. The van der Waals surface area contributed by atoms with E-state index in [0.29, 0.717) is 18.2 Å². The molecule has 128 valence electrons. The minimum atomic E-state index is -0.466. The van der Waals surface area contributed by atoms with Crippen LogP contribution in [0.15, 0.2) is 24.3 Å². The Kier molecular flexibility index (Phi) is 7.77. The molecule has 0 bridgehead atoms. The average molecular weight is 343 g/mol. The van der Waals surface area contributed by atoms with Crippen molar-refractivity contribution in [1.29, 1.82) is 0 Å². The summed E-state index contributed by atoms with van der Waals surface area (Å²) < 4.78 is 0. The minimum Gasteiger partial charge on any atom is -0.371 e. The first-order chi connectivity index (χ1) is 10.6. The van der Waals surface area contributed by atoms with Crippen molar-refractivity contribution in [2.24, 2.45) is 11.7 Å². The number of nitrogens with one attached hydrogen (secondary N) is 2. The molecule has 2 rings (SSSR count). The quantitative estimate of drug-likeness (QED) is 0.541. The number of nitrogens with two attached hydrogens (primary N) is 1. The molecule has 0 radical (unpaired) electrons. The molecular formula is C15H23ClN4O3. The molecule has 4 N–H and O–H groups in total. The van der Waals surface area contributed by atoms with E-state index in [-0.39, 0.29) is 36.6 Å². The molecule has 2 atom stereocenters.